The van der Waals surface area contributed by atoms with Crippen LogP contribution in [0, 0.1) is 0 Å². The van der Waals surface area contributed by atoms with E-state index in [1.807, 2.05) is 22.5 Å². The highest BCUT2D eigenvalue weighted by atomic mass is 32.2. The molecule has 35 heavy (non-hydrogen) atoms. The highest BCUT2D eigenvalue weighted by Gasteiger charge is 2.21. The minimum absolute atomic E-state index is 0.0864. The minimum Gasteiger partial charge on any atom is -0.497 e. The molecule has 9 nitrogen and oxygen atoms in total. The maximum atomic E-state index is 12.8. The third-order valence-corrected chi connectivity index (χ3v) is 6.17. The normalized spacial score (nSPS) is 11.9. The van der Waals surface area contributed by atoms with E-state index >= 15 is 0 Å². The summed E-state index contributed by atoms with van der Waals surface area (Å²) in [5.74, 6) is -0.380. The Labute approximate surface area is 208 Å². The summed E-state index contributed by atoms with van der Waals surface area (Å²) in [5, 5.41) is 6.70. The first kappa shape index (κ1) is 26.2. The second-order valence-electron chi connectivity index (χ2n) is 7.93. The number of hydrogen-bond donors (Lipinski definition) is 2. The van der Waals surface area contributed by atoms with Gasteiger partial charge in [0, 0.05) is 18.1 Å². The van der Waals surface area contributed by atoms with Gasteiger partial charge in [-0.3, -0.25) is 14.4 Å². The van der Waals surface area contributed by atoms with Crippen molar-refractivity contribution in [2.45, 2.75) is 37.8 Å². The van der Waals surface area contributed by atoms with E-state index < -0.39 is 17.9 Å². The molecule has 1 aromatic carbocycles. The predicted octanol–water partition coefficient (Wildman–Crippen LogP) is 3.45. The number of Topliss-reactive ketones (excluding diaryl/α,β-unsaturated/α-hetero) is 1. The molecule has 3 rings (SSSR count). The number of ether oxygens (including phenoxy) is 1. The average molecular weight is 499 g/mol. The number of aromatic nitrogens is 1. The highest BCUT2D eigenvalue weighted by Crippen LogP contribution is 2.24. The number of methoxy groups -OCH3 is 1. The molecule has 2 amide bonds. The standard InChI is InChI=1S/C25H30N4O5S/c1-4-5-12-29(35-24-8-6-7-11-26-24)16-20(30)17(2)28-23(31)15-27-25(32)22-14-18-13-19(33-3)9-10-21(18)34-22/h6-11,13-14,17H,4-5,12,15-16H2,1-3H3,(H,27,32)(H,28,31). The van der Waals surface area contributed by atoms with Crippen molar-refractivity contribution >= 4 is 40.5 Å². The van der Waals surface area contributed by atoms with Gasteiger partial charge in [-0.25, -0.2) is 9.29 Å². The fraction of sp³-hybridized carbons (Fsp3) is 0.360. The first-order chi connectivity index (χ1) is 16.9. The zero-order valence-electron chi connectivity index (χ0n) is 20.1. The van der Waals surface area contributed by atoms with E-state index in [4.69, 9.17) is 9.15 Å². The first-order valence-electron chi connectivity index (χ1n) is 11.4. The van der Waals surface area contributed by atoms with Crippen LogP contribution < -0.4 is 15.4 Å². The van der Waals surface area contributed by atoms with Gasteiger partial charge in [0.1, 0.15) is 16.4 Å². The Hall–Kier alpha value is -3.37. The summed E-state index contributed by atoms with van der Waals surface area (Å²) >= 11 is 1.42. The number of fused-ring (bicyclic) bond motifs is 1. The lowest BCUT2D eigenvalue weighted by molar-refractivity contribution is -0.126. The summed E-state index contributed by atoms with van der Waals surface area (Å²) in [5.41, 5.74) is 0.538. The van der Waals surface area contributed by atoms with Crippen molar-refractivity contribution in [3.05, 3.63) is 54.4 Å². The summed E-state index contributed by atoms with van der Waals surface area (Å²) in [4.78, 5) is 41.8. The molecule has 2 N–H and O–H groups in total. The number of nitrogens with one attached hydrogen (secondary N) is 2. The van der Waals surface area contributed by atoms with Crippen molar-refractivity contribution in [3.63, 3.8) is 0 Å². The lowest BCUT2D eigenvalue weighted by Crippen LogP contribution is -2.46. The Morgan fingerprint density at radius 2 is 2.03 bits per heavy atom. The molecule has 0 aliphatic heterocycles. The van der Waals surface area contributed by atoms with Crippen LogP contribution in [0.1, 0.15) is 37.2 Å². The van der Waals surface area contributed by atoms with Crippen LogP contribution in [-0.4, -0.2) is 59.7 Å². The Kier molecular flexibility index (Phi) is 9.68. The molecule has 186 valence electrons. The molecule has 1 atom stereocenters. The van der Waals surface area contributed by atoms with E-state index in [-0.39, 0.29) is 24.6 Å². The number of hydrogen-bond acceptors (Lipinski definition) is 8. The quantitative estimate of drug-likeness (QED) is 0.345. The van der Waals surface area contributed by atoms with Gasteiger partial charge in [0.25, 0.3) is 5.91 Å². The van der Waals surface area contributed by atoms with E-state index in [1.165, 1.54) is 11.9 Å². The number of pyridine rings is 1. The van der Waals surface area contributed by atoms with Crippen LogP contribution >= 0.6 is 11.9 Å². The summed E-state index contributed by atoms with van der Waals surface area (Å²) < 4.78 is 12.7. The number of carbonyl (C=O) groups excluding carboxylic acids is 3. The summed E-state index contributed by atoms with van der Waals surface area (Å²) in [6, 6.07) is 11.7. The molecule has 0 aliphatic carbocycles. The number of furan rings is 1. The van der Waals surface area contributed by atoms with Gasteiger partial charge >= 0.3 is 0 Å². The van der Waals surface area contributed by atoms with Crippen molar-refractivity contribution in [2.75, 3.05) is 26.7 Å². The summed E-state index contributed by atoms with van der Waals surface area (Å²) in [7, 11) is 1.56. The van der Waals surface area contributed by atoms with Crippen LogP contribution in [0.2, 0.25) is 0 Å². The van der Waals surface area contributed by atoms with E-state index in [1.54, 1.807) is 44.5 Å². The number of benzene rings is 1. The second kappa shape index (κ2) is 12.9. The van der Waals surface area contributed by atoms with Crippen LogP contribution in [0.5, 0.6) is 5.75 Å². The second-order valence-corrected chi connectivity index (χ2v) is 9.05. The van der Waals surface area contributed by atoms with Gasteiger partial charge in [-0.05, 0) is 61.7 Å². The Morgan fingerprint density at radius 3 is 2.74 bits per heavy atom. The van der Waals surface area contributed by atoms with Crippen LogP contribution in [0.4, 0.5) is 0 Å². The molecule has 10 heteroatoms. The van der Waals surface area contributed by atoms with Gasteiger partial charge in [-0.1, -0.05) is 19.4 Å². The number of carbonyl (C=O) groups is 3. The zero-order chi connectivity index (χ0) is 25.2. The number of nitrogens with zero attached hydrogens (tertiary/aromatic N) is 2. The SMILES string of the molecule is CCCCN(CC(=O)C(C)NC(=O)CNC(=O)c1cc2cc(OC)ccc2o1)Sc1ccccn1. The van der Waals surface area contributed by atoms with Crippen LogP contribution in [0.15, 0.2) is 58.1 Å². The molecule has 2 aromatic heterocycles. The topological polar surface area (TPSA) is 114 Å². The molecule has 0 radical (unpaired) electrons. The number of rotatable bonds is 13. The van der Waals surface area contributed by atoms with Gasteiger partial charge in [-0.15, -0.1) is 0 Å². The molecule has 3 aromatic rings. The Morgan fingerprint density at radius 1 is 1.20 bits per heavy atom. The number of unbranched alkanes of at least 4 members (excludes halogenated alkanes) is 1. The molecule has 0 aliphatic rings. The summed E-state index contributed by atoms with van der Waals surface area (Å²) in [6.07, 6.45) is 3.65. The molecule has 1 unspecified atom stereocenters. The van der Waals surface area contributed by atoms with E-state index in [2.05, 4.69) is 22.5 Å². The number of amides is 2. The summed E-state index contributed by atoms with van der Waals surface area (Å²) in [6.45, 7) is 4.34. The molecular weight excluding hydrogens is 468 g/mol. The zero-order valence-corrected chi connectivity index (χ0v) is 20.9. The lowest BCUT2D eigenvalue weighted by atomic mass is 10.2. The fourth-order valence-electron chi connectivity index (χ4n) is 3.22. The van der Waals surface area contributed by atoms with E-state index in [9.17, 15) is 14.4 Å². The van der Waals surface area contributed by atoms with Gasteiger partial charge in [0.2, 0.25) is 5.91 Å². The largest absolute Gasteiger partial charge is 0.497 e. The highest BCUT2D eigenvalue weighted by molar-refractivity contribution is 7.97. The van der Waals surface area contributed by atoms with Crippen molar-refractivity contribution in [2.24, 2.45) is 0 Å². The lowest BCUT2D eigenvalue weighted by Gasteiger charge is -2.22. The predicted molar refractivity (Wildman–Crippen MR) is 134 cm³/mol. The maximum absolute atomic E-state index is 12.8. The van der Waals surface area contributed by atoms with Crippen LogP contribution in [0.25, 0.3) is 11.0 Å². The van der Waals surface area contributed by atoms with Crippen molar-refractivity contribution in [3.8, 4) is 5.75 Å². The molecule has 0 bridgehead atoms. The van der Waals surface area contributed by atoms with Gasteiger partial charge < -0.3 is 19.8 Å². The van der Waals surface area contributed by atoms with E-state index in [0.717, 1.165) is 29.8 Å². The molecule has 0 saturated heterocycles. The van der Waals surface area contributed by atoms with Crippen LogP contribution in [0.3, 0.4) is 0 Å². The first-order valence-corrected chi connectivity index (χ1v) is 12.2. The van der Waals surface area contributed by atoms with E-state index in [0.29, 0.717) is 11.3 Å². The Balaban J connectivity index is 1.49. The molecule has 2 heterocycles. The molecular formula is C25H30N4O5S. The fourth-order valence-corrected chi connectivity index (χ4v) is 4.14. The number of ketones is 1. The molecule has 0 spiro atoms. The van der Waals surface area contributed by atoms with Crippen molar-refractivity contribution < 1.29 is 23.5 Å². The van der Waals surface area contributed by atoms with Crippen LogP contribution in [-0.2, 0) is 9.59 Å². The maximum Gasteiger partial charge on any atom is 0.287 e. The monoisotopic (exact) mass is 498 g/mol. The van der Waals surface area contributed by atoms with Gasteiger partial charge in [0.05, 0.1) is 26.2 Å². The minimum atomic E-state index is -0.702. The van der Waals surface area contributed by atoms with Gasteiger partial charge in [0.15, 0.2) is 11.5 Å². The molecule has 0 fully saturated rings. The molecule has 0 saturated carbocycles. The third-order valence-electron chi connectivity index (χ3n) is 5.17. The van der Waals surface area contributed by atoms with Crippen molar-refractivity contribution in [1.82, 2.24) is 19.9 Å². The van der Waals surface area contributed by atoms with Gasteiger partial charge in [-0.2, -0.15) is 0 Å². The Bertz CT molecular complexity index is 1150. The van der Waals surface area contributed by atoms with Crippen molar-refractivity contribution in [1.29, 1.82) is 0 Å². The smallest absolute Gasteiger partial charge is 0.287 e. The third kappa shape index (κ3) is 7.83. The average Bonchev–Trinajstić information content (AvgIpc) is 3.29.